The van der Waals surface area contributed by atoms with Crippen LogP contribution in [-0.2, 0) is 26.6 Å². The molecule has 1 amide bonds. The van der Waals surface area contributed by atoms with E-state index in [9.17, 15) is 46.0 Å². The Labute approximate surface area is 198 Å². The Kier molecular flexibility index (Phi) is 7.71. The number of hydrogen-bond acceptors (Lipinski definition) is 7. The number of rotatable bonds is 6. The molecule has 2 aromatic rings. The fourth-order valence-corrected chi connectivity index (χ4v) is 3.31. The zero-order valence-corrected chi connectivity index (χ0v) is 18.1. The van der Waals surface area contributed by atoms with Crippen molar-refractivity contribution in [3.05, 3.63) is 63.2 Å². The van der Waals surface area contributed by atoms with Crippen molar-refractivity contribution in [3.8, 4) is 0 Å². The maximum atomic E-state index is 13.0. The number of nitrogens with zero attached hydrogens (tertiary/aromatic N) is 2. The molecule has 0 aliphatic carbocycles. The van der Waals surface area contributed by atoms with Gasteiger partial charge in [0, 0.05) is 30.9 Å². The molecule has 2 aromatic carbocycles. The van der Waals surface area contributed by atoms with Crippen molar-refractivity contribution in [2.75, 3.05) is 43.1 Å². The number of esters is 1. The first-order valence-corrected chi connectivity index (χ1v) is 10.1. The highest BCUT2D eigenvalue weighted by Crippen LogP contribution is 2.37. The second kappa shape index (κ2) is 10.4. The number of benzene rings is 2. The highest BCUT2D eigenvalue weighted by molar-refractivity contribution is 5.99. The number of hydrogen-bond donors (Lipinski definition) is 1. The van der Waals surface area contributed by atoms with Gasteiger partial charge in [0.05, 0.1) is 40.5 Å². The first kappa shape index (κ1) is 26.7. The van der Waals surface area contributed by atoms with Gasteiger partial charge in [0.1, 0.15) is 0 Å². The lowest BCUT2D eigenvalue weighted by molar-refractivity contribution is -0.384. The number of nitro benzene ring substituents is 1. The van der Waals surface area contributed by atoms with Gasteiger partial charge in [-0.05, 0) is 24.3 Å². The molecule has 0 aromatic heterocycles. The van der Waals surface area contributed by atoms with Crippen LogP contribution in [0.3, 0.4) is 0 Å². The van der Waals surface area contributed by atoms with Crippen LogP contribution in [0.4, 0.5) is 43.4 Å². The molecule has 0 atom stereocenters. The van der Waals surface area contributed by atoms with E-state index in [1.165, 1.54) is 12.1 Å². The largest absolute Gasteiger partial charge is 0.452 e. The van der Waals surface area contributed by atoms with Crippen LogP contribution in [0.15, 0.2) is 36.4 Å². The number of morpholine rings is 1. The maximum absolute atomic E-state index is 13.0. The van der Waals surface area contributed by atoms with Crippen molar-refractivity contribution in [2.45, 2.75) is 12.4 Å². The van der Waals surface area contributed by atoms with E-state index in [0.29, 0.717) is 38.4 Å². The van der Waals surface area contributed by atoms with Gasteiger partial charge >= 0.3 is 18.3 Å². The average Bonchev–Trinajstić information content (AvgIpc) is 2.81. The van der Waals surface area contributed by atoms with E-state index >= 15 is 0 Å². The summed E-state index contributed by atoms with van der Waals surface area (Å²) in [5.41, 5.74) is -4.53. The minimum Gasteiger partial charge on any atom is -0.452 e. The number of nitrogens with one attached hydrogen (secondary N) is 1. The van der Waals surface area contributed by atoms with Crippen LogP contribution >= 0.6 is 0 Å². The van der Waals surface area contributed by atoms with Gasteiger partial charge in [-0.1, -0.05) is 0 Å². The normalized spacial score (nSPS) is 14.3. The summed E-state index contributed by atoms with van der Waals surface area (Å²) in [5, 5.41) is 13.0. The van der Waals surface area contributed by atoms with Gasteiger partial charge in [-0.2, -0.15) is 26.3 Å². The lowest BCUT2D eigenvalue weighted by atomic mass is 10.1. The topological polar surface area (TPSA) is 111 Å². The summed E-state index contributed by atoms with van der Waals surface area (Å²) >= 11 is 0. The van der Waals surface area contributed by atoms with E-state index in [1.54, 1.807) is 4.90 Å². The molecule has 3 rings (SSSR count). The number of non-ortho nitro benzene ring substituents is 1. The Morgan fingerprint density at radius 1 is 1.00 bits per heavy atom. The van der Waals surface area contributed by atoms with Crippen molar-refractivity contribution in [3.63, 3.8) is 0 Å². The Balaban J connectivity index is 1.77. The molecule has 36 heavy (non-hydrogen) atoms. The minimum atomic E-state index is -5.12. The number of nitro groups is 1. The van der Waals surface area contributed by atoms with Gasteiger partial charge in [-0.15, -0.1) is 0 Å². The van der Waals surface area contributed by atoms with E-state index in [2.05, 4.69) is 0 Å². The third kappa shape index (κ3) is 6.62. The molecule has 9 nitrogen and oxygen atoms in total. The summed E-state index contributed by atoms with van der Waals surface area (Å²) in [6.07, 6.45) is -10.2. The van der Waals surface area contributed by atoms with Crippen molar-refractivity contribution in [1.82, 2.24) is 0 Å². The van der Waals surface area contributed by atoms with Gasteiger partial charge in [0.2, 0.25) is 0 Å². The monoisotopic (exact) mass is 521 g/mol. The number of amides is 1. The van der Waals surface area contributed by atoms with Gasteiger partial charge in [0.25, 0.3) is 11.6 Å². The van der Waals surface area contributed by atoms with Gasteiger partial charge in [-0.25, -0.2) is 4.79 Å². The molecule has 1 fully saturated rings. The molecule has 0 bridgehead atoms. The molecule has 1 N–H and O–H groups in total. The number of halogens is 6. The van der Waals surface area contributed by atoms with E-state index in [0.717, 1.165) is 6.07 Å². The Hall–Kier alpha value is -3.88. The van der Waals surface area contributed by atoms with E-state index in [4.69, 9.17) is 9.47 Å². The Morgan fingerprint density at radius 2 is 1.58 bits per heavy atom. The number of anilines is 2. The van der Waals surface area contributed by atoms with Crippen LogP contribution in [0.1, 0.15) is 21.5 Å². The number of alkyl halides is 6. The fraction of sp³-hybridized carbons (Fsp3) is 0.333. The molecule has 194 valence electrons. The first-order valence-electron chi connectivity index (χ1n) is 10.1. The van der Waals surface area contributed by atoms with Crippen LogP contribution in [0, 0.1) is 10.1 Å². The van der Waals surface area contributed by atoms with Crippen LogP contribution < -0.4 is 10.2 Å². The Bertz CT molecular complexity index is 1130. The maximum Gasteiger partial charge on any atom is 0.416 e. The second-order valence-electron chi connectivity index (χ2n) is 7.48. The fourth-order valence-electron chi connectivity index (χ4n) is 3.31. The van der Waals surface area contributed by atoms with Gasteiger partial charge in [-0.3, -0.25) is 14.9 Å². The summed E-state index contributed by atoms with van der Waals surface area (Å²) in [6.45, 7) is 0.280. The molecule has 1 aliphatic heterocycles. The van der Waals surface area contributed by atoms with Crippen molar-refractivity contribution < 1.29 is 50.3 Å². The quantitative estimate of drug-likeness (QED) is 0.262. The summed E-state index contributed by atoms with van der Waals surface area (Å²) in [6, 6.07) is 3.91. The lowest BCUT2D eigenvalue weighted by Gasteiger charge is -2.30. The SMILES string of the molecule is O=C(COC(=O)c1cc([N+](=O)[O-])ccc1N1CCOCC1)Nc1cc(C(F)(F)F)cc(C(F)(F)F)c1. The predicted octanol–water partition coefficient (Wildman–Crippen LogP) is 4.26. The third-order valence-corrected chi connectivity index (χ3v) is 4.97. The number of ether oxygens (including phenoxy) is 2. The van der Waals surface area contributed by atoms with Crippen molar-refractivity contribution >= 4 is 28.9 Å². The van der Waals surface area contributed by atoms with Crippen molar-refractivity contribution in [2.24, 2.45) is 0 Å². The Morgan fingerprint density at radius 3 is 2.11 bits per heavy atom. The molecule has 0 saturated carbocycles. The lowest BCUT2D eigenvalue weighted by Crippen LogP contribution is -2.37. The van der Waals surface area contributed by atoms with Crippen LogP contribution in [-0.4, -0.2) is 49.7 Å². The van der Waals surface area contributed by atoms with Crippen molar-refractivity contribution in [1.29, 1.82) is 0 Å². The predicted molar refractivity (Wildman–Crippen MR) is 111 cm³/mol. The highest BCUT2D eigenvalue weighted by atomic mass is 19.4. The standard InChI is InChI=1S/C21H17F6N3O6/c22-20(23,24)12-7-13(21(25,26)27)9-14(8-12)28-18(31)11-36-19(32)16-10-15(30(33)34)1-2-17(16)29-3-5-35-6-4-29/h1-2,7-10H,3-6,11H2,(H,28,31). The highest BCUT2D eigenvalue weighted by Gasteiger charge is 2.37. The molecule has 1 aliphatic rings. The average molecular weight is 521 g/mol. The second-order valence-corrected chi connectivity index (χ2v) is 7.48. The van der Waals surface area contributed by atoms with E-state index in [-0.39, 0.29) is 17.3 Å². The first-order chi connectivity index (χ1) is 16.8. The molecule has 0 unspecified atom stereocenters. The molecule has 15 heteroatoms. The number of carbonyl (C=O) groups excluding carboxylic acids is 2. The number of carbonyl (C=O) groups is 2. The van der Waals surface area contributed by atoms with Crippen LogP contribution in [0.2, 0.25) is 0 Å². The third-order valence-electron chi connectivity index (χ3n) is 4.97. The molecule has 0 radical (unpaired) electrons. The summed E-state index contributed by atoms with van der Waals surface area (Å²) in [5.74, 6) is -2.38. The van der Waals surface area contributed by atoms with E-state index in [1.807, 2.05) is 5.32 Å². The summed E-state index contributed by atoms with van der Waals surface area (Å²) in [7, 11) is 0. The molecule has 1 heterocycles. The molecular weight excluding hydrogens is 504 g/mol. The zero-order valence-electron chi connectivity index (χ0n) is 18.1. The van der Waals surface area contributed by atoms with Crippen LogP contribution in [0.5, 0.6) is 0 Å². The minimum absolute atomic E-state index is 0.106. The molecule has 1 saturated heterocycles. The summed E-state index contributed by atoms with van der Waals surface area (Å²) < 4.78 is 88.0. The summed E-state index contributed by atoms with van der Waals surface area (Å²) in [4.78, 5) is 36.8. The van der Waals surface area contributed by atoms with E-state index < -0.39 is 58.3 Å². The van der Waals surface area contributed by atoms with Gasteiger partial charge in [0.15, 0.2) is 6.61 Å². The molecule has 0 spiro atoms. The van der Waals surface area contributed by atoms with Gasteiger partial charge < -0.3 is 19.7 Å². The zero-order chi connectivity index (χ0) is 26.7. The molecular formula is C21H17F6N3O6. The van der Waals surface area contributed by atoms with Crippen LogP contribution in [0.25, 0.3) is 0 Å². The smallest absolute Gasteiger partial charge is 0.416 e.